The summed E-state index contributed by atoms with van der Waals surface area (Å²) < 4.78 is 0. The number of anilines is 1. The fraction of sp³-hybridized carbons (Fsp3) is 0.538. The molecule has 3 heterocycles. The average Bonchev–Trinajstić information content (AvgIpc) is 2.86. The molecule has 4 nitrogen and oxygen atoms in total. The van der Waals surface area contributed by atoms with Crippen LogP contribution in [0.2, 0.25) is 0 Å². The van der Waals surface area contributed by atoms with Crippen LogP contribution in [0.5, 0.6) is 0 Å². The van der Waals surface area contributed by atoms with E-state index in [4.69, 9.17) is 5.73 Å². The normalized spacial score (nSPS) is 24.7. The lowest BCUT2D eigenvalue weighted by atomic mass is 9.90. The van der Waals surface area contributed by atoms with E-state index in [9.17, 15) is 0 Å². The molecule has 0 amide bonds. The first-order valence-corrected chi connectivity index (χ1v) is 7.34. The van der Waals surface area contributed by atoms with Crippen molar-refractivity contribution in [2.45, 2.75) is 25.8 Å². The van der Waals surface area contributed by atoms with Crippen LogP contribution in [-0.2, 0) is 0 Å². The van der Waals surface area contributed by atoms with Gasteiger partial charge in [-0.1, -0.05) is 6.92 Å². The number of rotatable bonds is 2. The molecular weight excluding hydrogens is 244 g/mol. The Kier molecular flexibility index (Phi) is 3.18. The Morgan fingerprint density at radius 1 is 1.50 bits per heavy atom. The van der Waals surface area contributed by atoms with Gasteiger partial charge in [0.05, 0.1) is 5.39 Å². The summed E-state index contributed by atoms with van der Waals surface area (Å²) in [6.07, 6.45) is 4.14. The highest BCUT2D eigenvalue weighted by Gasteiger charge is 2.29. The highest BCUT2D eigenvalue weighted by molar-refractivity contribution is 7.16. The third-order valence-corrected chi connectivity index (χ3v) is 4.69. The summed E-state index contributed by atoms with van der Waals surface area (Å²) >= 11 is 1.67. The number of hydrogen-bond acceptors (Lipinski definition) is 5. The van der Waals surface area contributed by atoms with E-state index in [1.54, 1.807) is 17.7 Å². The molecule has 0 aromatic carbocycles. The van der Waals surface area contributed by atoms with E-state index in [1.807, 2.05) is 0 Å². The molecule has 1 saturated heterocycles. The Morgan fingerprint density at radius 3 is 3.22 bits per heavy atom. The lowest BCUT2D eigenvalue weighted by Gasteiger charge is -2.40. The van der Waals surface area contributed by atoms with Crippen molar-refractivity contribution in [2.24, 2.45) is 11.7 Å². The summed E-state index contributed by atoms with van der Waals surface area (Å²) in [5.74, 6) is 1.69. The third-order valence-electron chi connectivity index (χ3n) is 3.87. The Morgan fingerprint density at radius 2 is 2.39 bits per heavy atom. The molecule has 2 aromatic heterocycles. The molecular formula is C13H18N4S. The fourth-order valence-electron chi connectivity index (χ4n) is 2.88. The van der Waals surface area contributed by atoms with Crippen LogP contribution in [0.4, 0.5) is 5.82 Å². The van der Waals surface area contributed by atoms with Crippen molar-refractivity contribution < 1.29 is 0 Å². The Hall–Kier alpha value is -1.20. The van der Waals surface area contributed by atoms with Gasteiger partial charge in [-0.05, 0) is 30.2 Å². The zero-order valence-electron chi connectivity index (χ0n) is 10.5. The lowest BCUT2D eigenvalue weighted by molar-refractivity contribution is 0.348. The number of thiophene rings is 1. The molecule has 2 atom stereocenters. The highest BCUT2D eigenvalue weighted by Crippen LogP contribution is 2.32. The van der Waals surface area contributed by atoms with Crippen LogP contribution in [0.25, 0.3) is 10.2 Å². The standard InChI is InChI=1S/C13H18N4S/c1-9-3-2-5-17(11(9)7-14)12-10-4-6-18-13(10)16-8-15-12/h4,6,8-9,11H,2-3,5,7,14H2,1H3. The van der Waals surface area contributed by atoms with Crippen molar-refractivity contribution >= 4 is 27.4 Å². The summed E-state index contributed by atoms with van der Waals surface area (Å²) in [5, 5.41) is 3.24. The third kappa shape index (κ3) is 1.87. The topological polar surface area (TPSA) is 55.0 Å². The van der Waals surface area contributed by atoms with Crippen molar-refractivity contribution in [3.8, 4) is 0 Å². The van der Waals surface area contributed by atoms with Crippen LogP contribution in [-0.4, -0.2) is 29.1 Å². The first-order chi connectivity index (χ1) is 8.81. The van der Waals surface area contributed by atoms with Gasteiger partial charge in [-0.25, -0.2) is 9.97 Å². The van der Waals surface area contributed by atoms with Crippen LogP contribution in [0.1, 0.15) is 19.8 Å². The van der Waals surface area contributed by atoms with Gasteiger partial charge in [-0.2, -0.15) is 0 Å². The van der Waals surface area contributed by atoms with Crippen molar-refractivity contribution in [3.05, 3.63) is 17.8 Å². The highest BCUT2D eigenvalue weighted by atomic mass is 32.1. The molecule has 3 rings (SSSR count). The maximum absolute atomic E-state index is 5.96. The molecule has 0 bridgehead atoms. The molecule has 1 aliphatic rings. The van der Waals surface area contributed by atoms with Gasteiger partial charge in [-0.15, -0.1) is 11.3 Å². The molecule has 2 unspecified atom stereocenters. The van der Waals surface area contributed by atoms with Gasteiger partial charge in [0.2, 0.25) is 0 Å². The van der Waals surface area contributed by atoms with Gasteiger partial charge in [-0.3, -0.25) is 0 Å². The van der Waals surface area contributed by atoms with Gasteiger partial charge in [0, 0.05) is 19.1 Å². The molecule has 5 heteroatoms. The van der Waals surface area contributed by atoms with Gasteiger partial charge < -0.3 is 10.6 Å². The molecule has 2 aromatic rings. The Balaban J connectivity index is 2.04. The van der Waals surface area contributed by atoms with Gasteiger partial charge in [0.15, 0.2) is 0 Å². The number of hydrogen-bond donors (Lipinski definition) is 1. The van der Waals surface area contributed by atoms with Crippen molar-refractivity contribution in [1.29, 1.82) is 0 Å². The van der Waals surface area contributed by atoms with Gasteiger partial charge >= 0.3 is 0 Å². The smallest absolute Gasteiger partial charge is 0.141 e. The van der Waals surface area contributed by atoms with E-state index in [-0.39, 0.29) is 0 Å². The Bertz CT molecular complexity index is 539. The summed E-state index contributed by atoms with van der Waals surface area (Å²) in [7, 11) is 0. The number of fused-ring (bicyclic) bond motifs is 1. The molecule has 0 spiro atoms. The second-order valence-electron chi connectivity index (χ2n) is 4.95. The maximum Gasteiger partial charge on any atom is 0.141 e. The second-order valence-corrected chi connectivity index (χ2v) is 5.85. The predicted molar refractivity (Wildman–Crippen MR) is 76.0 cm³/mol. The van der Waals surface area contributed by atoms with E-state index in [0.717, 1.165) is 22.6 Å². The molecule has 2 N–H and O–H groups in total. The predicted octanol–water partition coefficient (Wildman–Crippen LogP) is 2.25. The SMILES string of the molecule is CC1CCCN(c2ncnc3sccc23)C1CN. The van der Waals surface area contributed by atoms with Gasteiger partial charge in [0.25, 0.3) is 0 Å². The molecule has 0 saturated carbocycles. The molecule has 0 aliphatic carbocycles. The number of piperidine rings is 1. The lowest BCUT2D eigenvalue weighted by Crippen LogP contribution is -2.49. The molecule has 18 heavy (non-hydrogen) atoms. The summed E-state index contributed by atoms with van der Waals surface area (Å²) in [5.41, 5.74) is 5.96. The monoisotopic (exact) mass is 262 g/mol. The summed E-state index contributed by atoms with van der Waals surface area (Å²) in [6, 6.07) is 2.51. The zero-order valence-corrected chi connectivity index (χ0v) is 11.4. The Labute approximate surface area is 111 Å². The van der Waals surface area contributed by atoms with E-state index in [1.165, 1.54) is 12.8 Å². The van der Waals surface area contributed by atoms with E-state index >= 15 is 0 Å². The molecule has 1 fully saturated rings. The minimum atomic E-state index is 0.400. The minimum absolute atomic E-state index is 0.400. The quantitative estimate of drug-likeness (QED) is 0.902. The molecule has 96 valence electrons. The number of nitrogens with zero attached hydrogens (tertiary/aromatic N) is 3. The van der Waals surface area contributed by atoms with Crippen LogP contribution in [0.3, 0.4) is 0 Å². The summed E-state index contributed by atoms with van der Waals surface area (Å²) in [4.78, 5) is 12.3. The van der Waals surface area contributed by atoms with E-state index in [2.05, 4.69) is 33.2 Å². The minimum Gasteiger partial charge on any atom is -0.351 e. The summed E-state index contributed by atoms with van der Waals surface area (Å²) in [6.45, 7) is 4.03. The molecule has 1 aliphatic heterocycles. The van der Waals surface area contributed by atoms with Crippen molar-refractivity contribution in [3.63, 3.8) is 0 Å². The zero-order chi connectivity index (χ0) is 12.5. The number of aromatic nitrogens is 2. The van der Waals surface area contributed by atoms with Crippen molar-refractivity contribution in [1.82, 2.24) is 9.97 Å². The fourth-order valence-corrected chi connectivity index (χ4v) is 3.60. The van der Waals surface area contributed by atoms with Crippen LogP contribution >= 0.6 is 11.3 Å². The first kappa shape index (κ1) is 11.9. The van der Waals surface area contributed by atoms with Crippen LogP contribution in [0.15, 0.2) is 17.8 Å². The largest absolute Gasteiger partial charge is 0.351 e. The van der Waals surface area contributed by atoms with Crippen LogP contribution in [0, 0.1) is 5.92 Å². The number of nitrogens with two attached hydrogens (primary N) is 1. The van der Waals surface area contributed by atoms with E-state index < -0.39 is 0 Å². The average molecular weight is 262 g/mol. The van der Waals surface area contributed by atoms with Gasteiger partial charge in [0.1, 0.15) is 17.0 Å². The first-order valence-electron chi connectivity index (χ1n) is 6.46. The van der Waals surface area contributed by atoms with E-state index in [0.29, 0.717) is 18.5 Å². The molecule has 0 radical (unpaired) electrons. The van der Waals surface area contributed by atoms with Crippen LogP contribution < -0.4 is 10.6 Å². The maximum atomic E-state index is 5.96. The second kappa shape index (κ2) is 4.82. The van der Waals surface area contributed by atoms with Crippen molar-refractivity contribution in [2.75, 3.05) is 18.0 Å².